The highest BCUT2D eigenvalue weighted by molar-refractivity contribution is 5.97. The molecular weight excluding hydrogens is 536 g/mol. The molecule has 0 radical (unpaired) electrons. The number of rotatable bonds is 11. The molecule has 1 heterocycles. The van der Waals surface area contributed by atoms with Gasteiger partial charge in [0.2, 0.25) is 5.72 Å². The summed E-state index contributed by atoms with van der Waals surface area (Å²) >= 11 is 0. The molecule has 0 bridgehead atoms. The lowest BCUT2D eigenvalue weighted by Crippen LogP contribution is -2.45. The van der Waals surface area contributed by atoms with E-state index in [-0.39, 0.29) is 5.97 Å². The number of hydrogen-bond donors (Lipinski definition) is 0. The summed E-state index contributed by atoms with van der Waals surface area (Å²) in [6, 6.07) is 30.6. The van der Waals surface area contributed by atoms with Crippen LogP contribution in [0.1, 0.15) is 42.3 Å². The lowest BCUT2D eigenvalue weighted by atomic mass is 9.89. The molecule has 1 unspecified atom stereocenters. The maximum atomic E-state index is 13.7. The van der Waals surface area contributed by atoms with Crippen LogP contribution in [-0.4, -0.2) is 53.9 Å². The van der Waals surface area contributed by atoms with Crippen LogP contribution in [0.3, 0.4) is 0 Å². The van der Waals surface area contributed by atoms with E-state index in [2.05, 4.69) is 100 Å². The summed E-state index contributed by atoms with van der Waals surface area (Å²) in [5, 5.41) is 0. The number of carbonyl (C=O) groups is 1. The Hall–Kier alpha value is -4.65. The summed E-state index contributed by atoms with van der Waals surface area (Å²) < 4.78 is 13.0. The van der Waals surface area contributed by atoms with Crippen molar-refractivity contribution in [2.45, 2.75) is 26.5 Å². The van der Waals surface area contributed by atoms with Crippen LogP contribution in [0.5, 0.6) is 5.75 Å². The highest BCUT2D eigenvalue weighted by Crippen LogP contribution is 2.53. The summed E-state index contributed by atoms with van der Waals surface area (Å²) in [5.74, 6) is 0.307. The minimum absolute atomic E-state index is 0.370. The monoisotopic (exact) mass is 578 g/mol. The predicted octanol–water partition coefficient (Wildman–Crippen LogP) is 7.27. The van der Waals surface area contributed by atoms with Crippen LogP contribution in [0.4, 0.5) is 28.4 Å². The smallest absolute Gasteiger partial charge is 0.341 e. The summed E-state index contributed by atoms with van der Waals surface area (Å²) in [5.41, 5.74) is 5.69. The third-order valence-electron chi connectivity index (χ3n) is 8.07. The van der Waals surface area contributed by atoms with E-state index in [1.165, 1.54) is 0 Å². The number of nitrogens with zero attached hydrogens (tertiary/aromatic N) is 4. The molecule has 0 aliphatic carbocycles. The Balaban J connectivity index is 1.85. The molecule has 7 heteroatoms. The van der Waals surface area contributed by atoms with Crippen molar-refractivity contribution in [3.05, 3.63) is 108 Å². The van der Waals surface area contributed by atoms with E-state index in [9.17, 15) is 4.79 Å². The SMILES string of the molecule is CCOc1cc(N(CC)CC)ccc1C1(N(c2ccc(N(C)C)cc2)c2ccc(N(C)C)cc2)OC(=O)c2ccccc21. The first kappa shape index (κ1) is 29.8. The van der Waals surface area contributed by atoms with Crippen molar-refractivity contribution >= 4 is 34.4 Å². The van der Waals surface area contributed by atoms with Crippen molar-refractivity contribution in [2.75, 3.05) is 67.5 Å². The molecule has 7 nitrogen and oxygen atoms in total. The second-order valence-corrected chi connectivity index (χ2v) is 11.0. The van der Waals surface area contributed by atoms with E-state index in [1.807, 2.05) is 59.4 Å². The number of anilines is 5. The summed E-state index contributed by atoms with van der Waals surface area (Å²) in [6.45, 7) is 8.47. The number of esters is 1. The minimum Gasteiger partial charge on any atom is -0.493 e. The fourth-order valence-corrected chi connectivity index (χ4v) is 5.85. The molecule has 1 atom stereocenters. The van der Waals surface area contributed by atoms with Crippen LogP contribution in [0.2, 0.25) is 0 Å². The molecule has 0 N–H and O–H groups in total. The predicted molar refractivity (Wildman–Crippen MR) is 177 cm³/mol. The fourth-order valence-electron chi connectivity index (χ4n) is 5.85. The van der Waals surface area contributed by atoms with Gasteiger partial charge in [-0.25, -0.2) is 4.79 Å². The molecule has 0 saturated carbocycles. The normalized spacial score (nSPS) is 15.5. The number of benzene rings is 4. The van der Waals surface area contributed by atoms with Gasteiger partial charge in [0.05, 0.1) is 17.7 Å². The van der Waals surface area contributed by atoms with Gasteiger partial charge in [0.25, 0.3) is 0 Å². The number of hydrogen-bond acceptors (Lipinski definition) is 7. The number of ether oxygens (including phenoxy) is 2. The van der Waals surface area contributed by atoms with Crippen LogP contribution in [0.25, 0.3) is 0 Å². The Bertz CT molecular complexity index is 1510. The molecule has 4 aromatic carbocycles. The third-order valence-corrected chi connectivity index (χ3v) is 8.07. The summed E-state index contributed by atoms with van der Waals surface area (Å²) in [7, 11) is 8.09. The highest BCUT2D eigenvalue weighted by atomic mass is 16.6. The topological polar surface area (TPSA) is 48.5 Å². The average Bonchev–Trinajstić information content (AvgIpc) is 3.31. The van der Waals surface area contributed by atoms with E-state index in [0.717, 1.165) is 52.7 Å². The van der Waals surface area contributed by atoms with Crippen molar-refractivity contribution in [3.63, 3.8) is 0 Å². The molecule has 1 aliphatic heterocycles. The lowest BCUT2D eigenvalue weighted by Gasteiger charge is -2.43. The van der Waals surface area contributed by atoms with Crippen molar-refractivity contribution < 1.29 is 14.3 Å². The van der Waals surface area contributed by atoms with Gasteiger partial charge in [-0.15, -0.1) is 0 Å². The first-order chi connectivity index (χ1) is 20.7. The summed E-state index contributed by atoms with van der Waals surface area (Å²) in [6.07, 6.45) is 0. The van der Waals surface area contributed by atoms with Crippen LogP contribution in [-0.2, 0) is 10.5 Å². The maximum Gasteiger partial charge on any atom is 0.341 e. The molecule has 0 aromatic heterocycles. The Kier molecular flexibility index (Phi) is 8.53. The van der Waals surface area contributed by atoms with Crippen molar-refractivity contribution in [2.24, 2.45) is 0 Å². The molecular formula is C36H42N4O3. The lowest BCUT2D eigenvalue weighted by molar-refractivity contribution is 0.0124. The standard InChI is InChI=1S/C36H42N4O3/c1-8-39(9-2)30-23-24-33(34(25-30)42-10-3)36(32-14-12-11-13-31(32)35(41)43-36)40(28-19-15-26(16-20-28)37(4)5)29-21-17-27(18-22-29)38(6)7/h11-25H,8-10H2,1-7H3. The van der Waals surface area contributed by atoms with Crippen molar-refractivity contribution in [1.29, 1.82) is 0 Å². The molecule has 0 spiro atoms. The molecule has 43 heavy (non-hydrogen) atoms. The Labute approximate surface area is 255 Å². The van der Waals surface area contributed by atoms with Crippen molar-refractivity contribution in [1.82, 2.24) is 0 Å². The third kappa shape index (κ3) is 5.36. The highest BCUT2D eigenvalue weighted by Gasteiger charge is 2.54. The second kappa shape index (κ2) is 12.3. The van der Waals surface area contributed by atoms with Gasteiger partial charge in [0.1, 0.15) is 5.75 Å². The zero-order valence-electron chi connectivity index (χ0n) is 26.3. The first-order valence-corrected chi connectivity index (χ1v) is 14.9. The van der Waals surface area contributed by atoms with Crippen LogP contribution in [0.15, 0.2) is 91.0 Å². The molecule has 5 rings (SSSR count). The second-order valence-electron chi connectivity index (χ2n) is 11.0. The molecule has 4 aromatic rings. The van der Waals surface area contributed by atoms with Gasteiger partial charge in [0.15, 0.2) is 0 Å². The Morgan fingerprint density at radius 1 is 0.651 bits per heavy atom. The van der Waals surface area contributed by atoms with Gasteiger partial charge in [-0.2, -0.15) is 0 Å². The van der Waals surface area contributed by atoms with Gasteiger partial charge in [-0.05, 0) is 87.5 Å². The molecule has 1 aliphatic rings. The summed E-state index contributed by atoms with van der Waals surface area (Å²) in [4.78, 5) is 22.3. The molecule has 224 valence electrons. The van der Waals surface area contributed by atoms with Gasteiger partial charge < -0.3 is 24.2 Å². The largest absolute Gasteiger partial charge is 0.493 e. The van der Waals surface area contributed by atoms with Gasteiger partial charge in [0, 0.05) is 81.3 Å². The van der Waals surface area contributed by atoms with Crippen molar-refractivity contribution in [3.8, 4) is 5.75 Å². The van der Waals surface area contributed by atoms with E-state index in [0.29, 0.717) is 17.9 Å². The van der Waals surface area contributed by atoms with Crippen LogP contribution >= 0.6 is 0 Å². The number of carbonyl (C=O) groups excluding carboxylic acids is 1. The van der Waals surface area contributed by atoms with Gasteiger partial charge in [-0.3, -0.25) is 4.90 Å². The van der Waals surface area contributed by atoms with E-state index < -0.39 is 5.72 Å². The van der Waals surface area contributed by atoms with E-state index in [4.69, 9.17) is 9.47 Å². The van der Waals surface area contributed by atoms with E-state index in [1.54, 1.807) is 0 Å². The number of fused-ring (bicyclic) bond motifs is 1. The van der Waals surface area contributed by atoms with Gasteiger partial charge >= 0.3 is 5.97 Å². The zero-order valence-corrected chi connectivity index (χ0v) is 26.3. The van der Waals surface area contributed by atoms with E-state index >= 15 is 0 Å². The molecule has 0 saturated heterocycles. The number of cyclic esters (lactones) is 1. The maximum absolute atomic E-state index is 13.7. The zero-order chi connectivity index (χ0) is 30.7. The first-order valence-electron chi connectivity index (χ1n) is 14.9. The average molecular weight is 579 g/mol. The van der Waals surface area contributed by atoms with Crippen LogP contribution in [0, 0.1) is 0 Å². The Morgan fingerprint density at radius 2 is 1.16 bits per heavy atom. The molecule has 0 fully saturated rings. The minimum atomic E-state index is -1.33. The fraction of sp³-hybridized carbons (Fsp3) is 0.306. The van der Waals surface area contributed by atoms with Crippen LogP contribution < -0.4 is 24.3 Å². The Morgan fingerprint density at radius 3 is 1.67 bits per heavy atom. The molecule has 0 amide bonds. The quantitative estimate of drug-likeness (QED) is 0.173. The van der Waals surface area contributed by atoms with Gasteiger partial charge in [-0.1, -0.05) is 18.2 Å².